The molecule has 2 nitrogen and oxygen atoms in total. The van der Waals surface area contributed by atoms with Crippen molar-refractivity contribution in [2.45, 2.75) is 0 Å². The largest absolute Gasteiger partial charge is 0.366 e. The number of nitrogens with zero attached hydrogens (tertiary/aromatic N) is 1. The number of H-pyrrole nitrogens is 1. The van der Waals surface area contributed by atoms with Crippen LogP contribution < -0.4 is 0 Å². The molecule has 0 aromatic carbocycles. The zero-order chi connectivity index (χ0) is 6.81. The van der Waals surface area contributed by atoms with Crippen molar-refractivity contribution in [3.05, 3.63) is 43.0 Å². The number of aromatic nitrogens is 2. The molecule has 4 heteroatoms. The van der Waals surface area contributed by atoms with Crippen LogP contribution in [-0.2, 0) is 0 Å². The zero-order valence-corrected chi connectivity index (χ0v) is 7.94. The van der Waals surface area contributed by atoms with Gasteiger partial charge in [-0.3, -0.25) is 0 Å². The van der Waals surface area contributed by atoms with Crippen LogP contribution in [0.25, 0.3) is 5.69 Å². The molecule has 0 saturated carbocycles. The van der Waals surface area contributed by atoms with Gasteiger partial charge in [-0.25, -0.2) is 0 Å². The van der Waals surface area contributed by atoms with E-state index in [0.29, 0.717) is 0 Å². The molecule has 0 aliphatic rings. The second kappa shape index (κ2) is 4.91. The van der Waals surface area contributed by atoms with E-state index in [4.69, 9.17) is 0 Å². The Bertz CT molecular complexity index is 254. The Morgan fingerprint density at radius 2 is 1.75 bits per heavy atom. The second-order valence-corrected chi connectivity index (χ2v) is 2.16. The maximum atomic E-state index is 3.00. The van der Waals surface area contributed by atoms with Gasteiger partial charge < -0.3 is 9.55 Å². The van der Waals surface area contributed by atoms with Crippen molar-refractivity contribution < 1.29 is 0 Å². The highest BCUT2D eigenvalue weighted by atomic mass is 35.5. The van der Waals surface area contributed by atoms with E-state index in [9.17, 15) is 0 Å². The summed E-state index contributed by atoms with van der Waals surface area (Å²) in [6, 6.07) is 6.04. The lowest BCUT2D eigenvalue weighted by molar-refractivity contribution is 1.08. The van der Waals surface area contributed by atoms with Gasteiger partial charge >= 0.3 is 0 Å². The Hall–Kier alpha value is -0.860. The summed E-state index contributed by atoms with van der Waals surface area (Å²) in [5.41, 5.74) is 1.17. The Balaban J connectivity index is 0.000000605. The minimum Gasteiger partial charge on any atom is -0.366 e. The van der Waals surface area contributed by atoms with E-state index >= 15 is 0 Å². The summed E-state index contributed by atoms with van der Waals surface area (Å²) in [5.74, 6) is 0. The van der Waals surface area contributed by atoms with Crippen LogP contribution in [0.4, 0.5) is 0 Å². The van der Waals surface area contributed by atoms with Crippen molar-refractivity contribution in [3.63, 3.8) is 0 Å². The molecule has 0 spiro atoms. The van der Waals surface area contributed by atoms with E-state index in [1.807, 2.05) is 43.0 Å². The number of hydrogen-bond donors (Lipinski definition) is 1. The van der Waals surface area contributed by atoms with Gasteiger partial charge in [-0.05, 0) is 18.2 Å². The van der Waals surface area contributed by atoms with Crippen molar-refractivity contribution >= 4 is 24.8 Å². The number of aromatic amines is 1. The normalized spacial score (nSPS) is 8.33. The summed E-state index contributed by atoms with van der Waals surface area (Å²) in [6.07, 6.45) is 7.90. The summed E-state index contributed by atoms with van der Waals surface area (Å²) in [5, 5.41) is 0. The van der Waals surface area contributed by atoms with Crippen molar-refractivity contribution in [2.24, 2.45) is 0 Å². The lowest BCUT2D eigenvalue weighted by Gasteiger charge is -1.94. The molecule has 2 heterocycles. The molecule has 0 amide bonds. The first kappa shape index (κ1) is 11.1. The number of hydrogen-bond acceptors (Lipinski definition) is 0. The standard InChI is InChI=1S/C8H8N2.2ClH/c1-2-6-10(5-1)8-3-4-9-7-8;;/h1-7,9H;2*1H. The summed E-state index contributed by atoms with van der Waals surface area (Å²) >= 11 is 0. The van der Waals surface area contributed by atoms with Crippen LogP contribution in [0.1, 0.15) is 0 Å². The molecule has 0 fully saturated rings. The lowest BCUT2D eigenvalue weighted by Crippen LogP contribution is -1.83. The minimum atomic E-state index is 0. The molecule has 0 saturated heterocycles. The molecule has 0 unspecified atom stereocenters. The Morgan fingerprint density at radius 1 is 1.08 bits per heavy atom. The van der Waals surface area contributed by atoms with Crippen LogP contribution in [0.3, 0.4) is 0 Å². The molecule has 0 aliphatic carbocycles. The van der Waals surface area contributed by atoms with Crippen LogP contribution in [0.5, 0.6) is 0 Å². The lowest BCUT2D eigenvalue weighted by atomic mass is 10.5. The van der Waals surface area contributed by atoms with Gasteiger partial charge in [0.15, 0.2) is 0 Å². The first-order valence-electron chi connectivity index (χ1n) is 3.23. The quantitative estimate of drug-likeness (QED) is 0.738. The number of rotatable bonds is 1. The predicted octanol–water partition coefficient (Wildman–Crippen LogP) is 2.65. The van der Waals surface area contributed by atoms with Gasteiger partial charge in [0.05, 0.1) is 5.69 Å². The fourth-order valence-corrected chi connectivity index (χ4v) is 0.982. The van der Waals surface area contributed by atoms with E-state index < -0.39 is 0 Å². The predicted molar refractivity (Wildman–Crippen MR) is 54.6 cm³/mol. The Morgan fingerprint density at radius 3 is 2.25 bits per heavy atom. The van der Waals surface area contributed by atoms with Crippen molar-refractivity contribution in [3.8, 4) is 5.69 Å². The molecule has 2 aromatic rings. The topological polar surface area (TPSA) is 20.7 Å². The third-order valence-corrected chi connectivity index (χ3v) is 1.48. The van der Waals surface area contributed by atoms with E-state index in [1.165, 1.54) is 5.69 Å². The fourth-order valence-electron chi connectivity index (χ4n) is 0.982. The average Bonchev–Trinajstić information content (AvgIpc) is 2.59. The number of nitrogens with one attached hydrogen (secondary N) is 1. The van der Waals surface area contributed by atoms with E-state index in [2.05, 4.69) is 9.55 Å². The molecule has 2 rings (SSSR count). The van der Waals surface area contributed by atoms with Gasteiger partial charge in [0.2, 0.25) is 0 Å². The highest BCUT2D eigenvalue weighted by Gasteiger charge is 1.90. The third-order valence-electron chi connectivity index (χ3n) is 1.48. The minimum absolute atomic E-state index is 0. The third kappa shape index (κ3) is 2.06. The average molecular weight is 205 g/mol. The van der Waals surface area contributed by atoms with Crippen molar-refractivity contribution in [2.75, 3.05) is 0 Å². The van der Waals surface area contributed by atoms with Gasteiger partial charge in [0.1, 0.15) is 0 Å². The SMILES string of the molecule is Cl.Cl.c1ccn(-c2cc[nH]c2)c1. The van der Waals surface area contributed by atoms with E-state index in [1.54, 1.807) is 0 Å². The van der Waals surface area contributed by atoms with E-state index in [0.717, 1.165) is 0 Å². The van der Waals surface area contributed by atoms with Crippen molar-refractivity contribution in [1.82, 2.24) is 9.55 Å². The summed E-state index contributed by atoms with van der Waals surface area (Å²) in [4.78, 5) is 3.00. The fraction of sp³-hybridized carbons (Fsp3) is 0. The molecule has 0 aliphatic heterocycles. The van der Waals surface area contributed by atoms with Crippen LogP contribution in [0.2, 0.25) is 0 Å². The first-order chi connectivity index (χ1) is 4.97. The summed E-state index contributed by atoms with van der Waals surface area (Å²) in [7, 11) is 0. The monoisotopic (exact) mass is 204 g/mol. The molecular weight excluding hydrogens is 195 g/mol. The van der Waals surface area contributed by atoms with Gasteiger partial charge in [-0.15, -0.1) is 24.8 Å². The van der Waals surface area contributed by atoms with Crippen LogP contribution in [0, 0.1) is 0 Å². The highest BCUT2D eigenvalue weighted by molar-refractivity contribution is 5.85. The smallest absolute Gasteiger partial charge is 0.0624 e. The van der Waals surface area contributed by atoms with Crippen LogP contribution in [-0.4, -0.2) is 9.55 Å². The van der Waals surface area contributed by atoms with Gasteiger partial charge in [-0.1, -0.05) is 0 Å². The maximum Gasteiger partial charge on any atom is 0.0624 e. The second-order valence-electron chi connectivity index (χ2n) is 2.16. The van der Waals surface area contributed by atoms with Crippen LogP contribution >= 0.6 is 24.8 Å². The van der Waals surface area contributed by atoms with Crippen molar-refractivity contribution in [1.29, 1.82) is 0 Å². The molecular formula is C8H10Cl2N2. The van der Waals surface area contributed by atoms with E-state index in [-0.39, 0.29) is 24.8 Å². The molecule has 0 radical (unpaired) electrons. The van der Waals surface area contributed by atoms with Crippen LogP contribution in [0.15, 0.2) is 43.0 Å². The van der Waals surface area contributed by atoms with Gasteiger partial charge in [0.25, 0.3) is 0 Å². The zero-order valence-electron chi connectivity index (χ0n) is 6.31. The molecule has 12 heavy (non-hydrogen) atoms. The molecule has 66 valence electrons. The summed E-state index contributed by atoms with van der Waals surface area (Å²) in [6.45, 7) is 0. The Kier molecular flexibility index (Phi) is 4.55. The molecule has 1 N–H and O–H groups in total. The first-order valence-corrected chi connectivity index (χ1v) is 3.23. The summed E-state index contributed by atoms with van der Waals surface area (Å²) < 4.78 is 2.05. The van der Waals surface area contributed by atoms with Gasteiger partial charge in [0, 0.05) is 24.8 Å². The maximum absolute atomic E-state index is 3.00. The Labute approximate surface area is 83.4 Å². The number of halogens is 2. The molecule has 2 aromatic heterocycles. The van der Waals surface area contributed by atoms with Gasteiger partial charge in [-0.2, -0.15) is 0 Å². The molecule has 0 atom stereocenters. The highest BCUT2D eigenvalue weighted by Crippen LogP contribution is 2.04. The molecule has 0 bridgehead atoms.